The van der Waals surface area contributed by atoms with Crippen molar-refractivity contribution in [2.24, 2.45) is 5.73 Å². The van der Waals surface area contributed by atoms with E-state index in [0.29, 0.717) is 18.0 Å². The van der Waals surface area contributed by atoms with Crippen molar-refractivity contribution in [3.63, 3.8) is 0 Å². The quantitative estimate of drug-likeness (QED) is 0.650. The van der Waals surface area contributed by atoms with Crippen LogP contribution in [0.2, 0.25) is 0 Å². The minimum absolute atomic E-state index is 0.239. The molecule has 1 aromatic carbocycles. The number of carbonyl (C=O) groups excluding carboxylic acids is 1. The number of esters is 1. The Morgan fingerprint density at radius 1 is 1.47 bits per heavy atom. The Bertz CT molecular complexity index is 536. The summed E-state index contributed by atoms with van der Waals surface area (Å²) in [4.78, 5) is 11.6. The molecule has 2 aromatic rings. The molecule has 17 heavy (non-hydrogen) atoms. The Morgan fingerprint density at radius 2 is 2.24 bits per heavy atom. The van der Waals surface area contributed by atoms with Crippen LogP contribution in [0.1, 0.15) is 12.7 Å². The van der Waals surface area contributed by atoms with E-state index < -0.39 is 5.97 Å². The van der Waals surface area contributed by atoms with Gasteiger partial charge in [0.1, 0.15) is 16.9 Å². The van der Waals surface area contributed by atoms with Crippen LogP contribution in [0.25, 0.3) is 16.5 Å². The second-order valence-corrected chi connectivity index (χ2v) is 3.45. The number of hydrogen-bond donors (Lipinski definition) is 1. The number of para-hydroxylation sites is 1. The molecule has 4 heteroatoms. The normalized spacial score (nSPS) is 11.7. The monoisotopic (exact) mass is 231 g/mol. The van der Waals surface area contributed by atoms with Crippen LogP contribution >= 0.6 is 0 Å². The van der Waals surface area contributed by atoms with Crippen LogP contribution < -0.4 is 5.73 Å². The van der Waals surface area contributed by atoms with E-state index in [1.54, 1.807) is 13.0 Å². The zero-order valence-electron chi connectivity index (χ0n) is 9.47. The molecule has 1 aromatic heterocycles. The first-order valence-corrected chi connectivity index (χ1v) is 5.34. The van der Waals surface area contributed by atoms with Gasteiger partial charge in [-0.3, -0.25) is 0 Å². The third-order valence-corrected chi connectivity index (χ3v) is 2.35. The van der Waals surface area contributed by atoms with Gasteiger partial charge in [-0.2, -0.15) is 0 Å². The van der Waals surface area contributed by atoms with Crippen molar-refractivity contribution in [3.05, 3.63) is 42.3 Å². The fourth-order valence-corrected chi connectivity index (χ4v) is 1.57. The van der Waals surface area contributed by atoms with Crippen LogP contribution in [-0.4, -0.2) is 12.6 Å². The lowest BCUT2D eigenvalue weighted by Crippen LogP contribution is -2.07. The molecule has 0 fully saturated rings. The molecule has 0 amide bonds. The summed E-state index contributed by atoms with van der Waals surface area (Å²) in [5.41, 5.74) is 6.39. The number of furan rings is 1. The molecule has 0 aliphatic rings. The van der Waals surface area contributed by atoms with Crippen molar-refractivity contribution < 1.29 is 13.9 Å². The first-order valence-electron chi connectivity index (χ1n) is 5.34. The van der Waals surface area contributed by atoms with Gasteiger partial charge in [0.2, 0.25) is 0 Å². The second kappa shape index (κ2) is 4.74. The van der Waals surface area contributed by atoms with Gasteiger partial charge in [0.25, 0.3) is 0 Å². The third kappa shape index (κ3) is 2.15. The van der Waals surface area contributed by atoms with Crippen LogP contribution in [0, 0.1) is 0 Å². The van der Waals surface area contributed by atoms with E-state index >= 15 is 0 Å². The lowest BCUT2D eigenvalue weighted by molar-refractivity contribution is -0.136. The van der Waals surface area contributed by atoms with Gasteiger partial charge < -0.3 is 14.9 Å². The lowest BCUT2D eigenvalue weighted by Gasteiger charge is -2.02. The molecule has 0 aliphatic carbocycles. The minimum atomic E-state index is -0.478. The maximum absolute atomic E-state index is 11.6. The maximum atomic E-state index is 11.6. The van der Waals surface area contributed by atoms with Crippen molar-refractivity contribution in [3.8, 4) is 0 Å². The van der Waals surface area contributed by atoms with Crippen LogP contribution in [0.15, 0.2) is 40.9 Å². The maximum Gasteiger partial charge on any atom is 0.343 e. The van der Waals surface area contributed by atoms with E-state index in [0.717, 1.165) is 5.39 Å². The molecular weight excluding hydrogens is 218 g/mol. The molecule has 88 valence electrons. The van der Waals surface area contributed by atoms with Crippen molar-refractivity contribution in [2.75, 3.05) is 6.61 Å². The SMILES string of the molecule is CCOC(=O)/C(=C/N)c1cc2ccccc2o1. The second-order valence-electron chi connectivity index (χ2n) is 3.45. The molecule has 4 nitrogen and oxygen atoms in total. The highest BCUT2D eigenvalue weighted by Gasteiger charge is 2.16. The average molecular weight is 231 g/mol. The van der Waals surface area contributed by atoms with Crippen LogP contribution in [0.4, 0.5) is 0 Å². The van der Waals surface area contributed by atoms with Gasteiger partial charge in [-0.15, -0.1) is 0 Å². The van der Waals surface area contributed by atoms with Gasteiger partial charge in [-0.1, -0.05) is 18.2 Å². The molecule has 2 rings (SSSR count). The van der Waals surface area contributed by atoms with Gasteiger partial charge in [0, 0.05) is 11.6 Å². The van der Waals surface area contributed by atoms with E-state index in [4.69, 9.17) is 14.9 Å². The number of carbonyl (C=O) groups is 1. The zero-order valence-corrected chi connectivity index (χ0v) is 9.47. The standard InChI is InChI=1S/C13H13NO3/c1-2-16-13(15)10(8-14)12-7-9-5-3-4-6-11(9)17-12/h3-8H,2,14H2,1H3/b10-8+. The minimum Gasteiger partial charge on any atom is -0.462 e. The highest BCUT2D eigenvalue weighted by atomic mass is 16.5. The summed E-state index contributed by atoms with van der Waals surface area (Å²) >= 11 is 0. The van der Waals surface area contributed by atoms with Crippen molar-refractivity contribution in [2.45, 2.75) is 6.92 Å². The predicted molar refractivity (Wildman–Crippen MR) is 65.0 cm³/mol. The molecular formula is C13H13NO3. The number of hydrogen-bond acceptors (Lipinski definition) is 4. The van der Waals surface area contributed by atoms with Crippen LogP contribution in [-0.2, 0) is 9.53 Å². The van der Waals surface area contributed by atoms with Gasteiger partial charge in [0.15, 0.2) is 0 Å². The number of nitrogens with two attached hydrogens (primary N) is 1. The van der Waals surface area contributed by atoms with Gasteiger partial charge in [-0.25, -0.2) is 4.79 Å². The molecule has 0 saturated heterocycles. The van der Waals surface area contributed by atoms with E-state index in [1.807, 2.05) is 24.3 Å². The highest BCUT2D eigenvalue weighted by molar-refractivity contribution is 6.16. The summed E-state index contributed by atoms with van der Waals surface area (Å²) in [6.45, 7) is 2.04. The van der Waals surface area contributed by atoms with Crippen molar-refractivity contribution >= 4 is 22.5 Å². The van der Waals surface area contributed by atoms with E-state index in [2.05, 4.69) is 0 Å². The van der Waals surface area contributed by atoms with Crippen LogP contribution in [0.5, 0.6) is 0 Å². The Morgan fingerprint density at radius 3 is 2.88 bits per heavy atom. The zero-order chi connectivity index (χ0) is 12.3. The fraction of sp³-hybridized carbons (Fsp3) is 0.154. The summed E-state index contributed by atoms with van der Waals surface area (Å²) in [5, 5.41) is 0.922. The largest absolute Gasteiger partial charge is 0.462 e. The van der Waals surface area contributed by atoms with Gasteiger partial charge in [0.05, 0.1) is 6.61 Å². The summed E-state index contributed by atoms with van der Waals surface area (Å²) in [6, 6.07) is 9.27. The Hall–Kier alpha value is -2.23. The number of ether oxygens (including phenoxy) is 1. The number of benzene rings is 1. The molecule has 0 aliphatic heterocycles. The molecule has 1 heterocycles. The smallest absolute Gasteiger partial charge is 0.343 e. The highest BCUT2D eigenvalue weighted by Crippen LogP contribution is 2.24. The van der Waals surface area contributed by atoms with E-state index in [9.17, 15) is 4.79 Å². The van der Waals surface area contributed by atoms with Crippen molar-refractivity contribution in [1.29, 1.82) is 0 Å². The fourth-order valence-electron chi connectivity index (χ4n) is 1.57. The van der Waals surface area contributed by atoms with Crippen LogP contribution in [0.3, 0.4) is 0 Å². The molecule has 0 atom stereocenters. The van der Waals surface area contributed by atoms with Gasteiger partial charge >= 0.3 is 5.97 Å². The average Bonchev–Trinajstić information content (AvgIpc) is 2.73. The molecule has 0 bridgehead atoms. The molecule has 0 radical (unpaired) electrons. The molecule has 2 N–H and O–H groups in total. The van der Waals surface area contributed by atoms with E-state index in [-0.39, 0.29) is 5.57 Å². The predicted octanol–water partition coefficient (Wildman–Crippen LogP) is 2.30. The first kappa shape index (κ1) is 11.3. The summed E-state index contributed by atoms with van der Waals surface area (Å²) in [7, 11) is 0. The number of rotatable bonds is 3. The summed E-state index contributed by atoms with van der Waals surface area (Å²) in [5.74, 6) is -0.0544. The summed E-state index contributed by atoms with van der Waals surface area (Å²) in [6.07, 6.45) is 1.20. The Kier molecular flexibility index (Phi) is 3.14. The topological polar surface area (TPSA) is 65.5 Å². The van der Waals surface area contributed by atoms with E-state index in [1.165, 1.54) is 6.20 Å². The van der Waals surface area contributed by atoms with Gasteiger partial charge in [-0.05, 0) is 19.1 Å². The van der Waals surface area contributed by atoms with Crippen molar-refractivity contribution in [1.82, 2.24) is 0 Å². The first-order chi connectivity index (χ1) is 8.26. The Balaban J connectivity index is 2.41. The summed E-state index contributed by atoms with van der Waals surface area (Å²) < 4.78 is 10.4. The number of fused-ring (bicyclic) bond motifs is 1. The molecule has 0 saturated carbocycles. The Labute approximate surface area is 98.7 Å². The lowest BCUT2D eigenvalue weighted by atomic mass is 10.2. The molecule has 0 spiro atoms. The third-order valence-electron chi connectivity index (χ3n) is 2.35. The molecule has 0 unspecified atom stereocenters.